The van der Waals surface area contributed by atoms with Gasteiger partial charge < -0.3 is 10.6 Å². The molecule has 0 amide bonds. The highest BCUT2D eigenvalue weighted by molar-refractivity contribution is 9.10. The van der Waals surface area contributed by atoms with Crippen LogP contribution in [0.25, 0.3) is 0 Å². The molecule has 0 saturated heterocycles. The summed E-state index contributed by atoms with van der Waals surface area (Å²) in [6.07, 6.45) is 2.45. The number of nitrogens with zero attached hydrogens (tertiary/aromatic N) is 1. The van der Waals surface area contributed by atoms with Gasteiger partial charge in [-0.05, 0) is 49.3 Å². The molecule has 0 aromatic heterocycles. The van der Waals surface area contributed by atoms with Crippen LogP contribution < -0.4 is 10.6 Å². The van der Waals surface area contributed by atoms with E-state index in [0.29, 0.717) is 0 Å². The van der Waals surface area contributed by atoms with E-state index in [2.05, 4.69) is 66.7 Å². The quantitative estimate of drug-likeness (QED) is 0.679. The first-order valence-corrected chi connectivity index (χ1v) is 8.90. The van der Waals surface area contributed by atoms with Gasteiger partial charge in [0.25, 0.3) is 0 Å². The van der Waals surface area contributed by atoms with Gasteiger partial charge in [0.15, 0.2) is 0 Å². The average molecular weight is 355 g/mol. The fourth-order valence-corrected chi connectivity index (χ4v) is 3.01. The van der Waals surface area contributed by atoms with Gasteiger partial charge in [0, 0.05) is 29.3 Å². The van der Waals surface area contributed by atoms with Crippen LogP contribution in [0, 0.1) is 11.8 Å². The zero-order valence-electron chi connectivity index (χ0n) is 14.2. The molecule has 0 radical (unpaired) electrons. The Morgan fingerprint density at radius 2 is 1.52 bits per heavy atom. The van der Waals surface area contributed by atoms with Crippen LogP contribution in [0.15, 0.2) is 22.7 Å². The first-order valence-electron chi connectivity index (χ1n) is 8.11. The van der Waals surface area contributed by atoms with E-state index in [1.807, 2.05) is 6.92 Å². The Labute approximate surface area is 139 Å². The van der Waals surface area contributed by atoms with Crippen LogP contribution in [-0.4, -0.2) is 13.1 Å². The van der Waals surface area contributed by atoms with Crippen LogP contribution in [0.1, 0.15) is 59.1 Å². The molecule has 0 aliphatic rings. The first kappa shape index (κ1) is 18.5. The minimum atomic E-state index is 0.0632. The van der Waals surface area contributed by atoms with Crippen molar-refractivity contribution in [3.8, 4) is 0 Å². The van der Waals surface area contributed by atoms with Gasteiger partial charge in [-0.2, -0.15) is 0 Å². The van der Waals surface area contributed by atoms with E-state index >= 15 is 0 Å². The van der Waals surface area contributed by atoms with Crippen molar-refractivity contribution in [3.05, 3.63) is 28.2 Å². The summed E-state index contributed by atoms with van der Waals surface area (Å²) in [5, 5.41) is 0. The summed E-state index contributed by atoms with van der Waals surface area (Å²) in [6.45, 7) is 13.4. The fourth-order valence-electron chi connectivity index (χ4n) is 2.28. The second-order valence-electron chi connectivity index (χ2n) is 6.85. The van der Waals surface area contributed by atoms with Crippen molar-refractivity contribution in [2.24, 2.45) is 17.6 Å². The molecule has 2 nitrogen and oxygen atoms in total. The summed E-state index contributed by atoms with van der Waals surface area (Å²) in [6, 6.07) is 6.65. The molecule has 120 valence electrons. The predicted octanol–water partition coefficient (Wildman–Crippen LogP) is 5.37. The molecule has 1 aromatic rings. The minimum absolute atomic E-state index is 0.0632. The molecule has 1 aromatic carbocycles. The highest BCUT2D eigenvalue weighted by Gasteiger charge is 2.12. The van der Waals surface area contributed by atoms with E-state index in [0.717, 1.165) is 29.4 Å². The minimum Gasteiger partial charge on any atom is -0.371 e. The van der Waals surface area contributed by atoms with Gasteiger partial charge in [-0.15, -0.1) is 0 Å². The summed E-state index contributed by atoms with van der Waals surface area (Å²) in [5.41, 5.74) is 8.47. The predicted molar refractivity (Wildman–Crippen MR) is 97.9 cm³/mol. The lowest BCUT2D eigenvalue weighted by Gasteiger charge is -2.27. The molecule has 0 heterocycles. The molecular formula is C18H31BrN2. The van der Waals surface area contributed by atoms with Crippen LogP contribution in [0.2, 0.25) is 0 Å². The maximum absolute atomic E-state index is 5.99. The Bertz CT molecular complexity index is 415. The van der Waals surface area contributed by atoms with E-state index in [9.17, 15) is 0 Å². The molecule has 0 unspecified atom stereocenters. The zero-order chi connectivity index (χ0) is 16.0. The summed E-state index contributed by atoms with van der Waals surface area (Å²) in [4.78, 5) is 2.51. The van der Waals surface area contributed by atoms with Crippen molar-refractivity contribution >= 4 is 21.6 Å². The van der Waals surface area contributed by atoms with Gasteiger partial charge in [0.05, 0.1) is 0 Å². The molecule has 0 saturated carbocycles. The third kappa shape index (κ3) is 6.39. The number of benzene rings is 1. The third-order valence-corrected chi connectivity index (χ3v) is 4.48. The number of rotatable bonds is 8. The monoisotopic (exact) mass is 354 g/mol. The van der Waals surface area contributed by atoms with Crippen molar-refractivity contribution in [2.75, 3.05) is 18.0 Å². The molecule has 2 N–H and O–H groups in total. The summed E-state index contributed by atoms with van der Waals surface area (Å²) >= 11 is 3.67. The van der Waals surface area contributed by atoms with E-state index in [1.165, 1.54) is 24.1 Å². The van der Waals surface area contributed by atoms with Crippen molar-refractivity contribution in [2.45, 2.75) is 53.5 Å². The molecule has 21 heavy (non-hydrogen) atoms. The topological polar surface area (TPSA) is 29.3 Å². The Morgan fingerprint density at radius 3 is 1.90 bits per heavy atom. The lowest BCUT2D eigenvalue weighted by Crippen LogP contribution is -2.27. The van der Waals surface area contributed by atoms with E-state index in [-0.39, 0.29) is 6.04 Å². The summed E-state index contributed by atoms with van der Waals surface area (Å²) in [5.74, 6) is 1.47. The molecule has 0 bridgehead atoms. The Kier molecular flexibility index (Phi) is 7.75. The molecule has 1 rings (SSSR count). The van der Waals surface area contributed by atoms with E-state index in [1.54, 1.807) is 0 Å². The fraction of sp³-hybridized carbons (Fsp3) is 0.667. The lowest BCUT2D eigenvalue weighted by molar-refractivity contribution is 0.535. The molecule has 1 atom stereocenters. The second-order valence-corrected chi connectivity index (χ2v) is 7.70. The molecule has 0 spiro atoms. The number of halogens is 1. The van der Waals surface area contributed by atoms with Gasteiger partial charge in [0.1, 0.15) is 0 Å². The molecule has 0 aliphatic heterocycles. The van der Waals surface area contributed by atoms with Crippen molar-refractivity contribution in [3.63, 3.8) is 0 Å². The van der Waals surface area contributed by atoms with Gasteiger partial charge in [-0.1, -0.05) is 49.7 Å². The third-order valence-electron chi connectivity index (χ3n) is 3.79. The Morgan fingerprint density at radius 1 is 1.00 bits per heavy atom. The van der Waals surface area contributed by atoms with Gasteiger partial charge in [0.2, 0.25) is 0 Å². The average Bonchev–Trinajstić information content (AvgIpc) is 2.37. The van der Waals surface area contributed by atoms with E-state index in [4.69, 9.17) is 5.73 Å². The first-order chi connectivity index (χ1) is 9.81. The van der Waals surface area contributed by atoms with Crippen molar-refractivity contribution in [1.29, 1.82) is 0 Å². The molecular weight excluding hydrogens is 324 g/mol. The number of nitrogens with two attached hydrogens (primary N) is 1. The van der Waals surface area contributed by atoms with Crippen LogP contribution in [-0.2, 0) is 0 Å². The van der Waals surface area contributed by atoms with Crippen LogP contribution >= 0.6 is 15.9 Å². The molecule has 0 aliphatic carbocycles. The SMILES string of the molecule is CC(C)CCN(CCC(C)C)c1ccc([C@H](C)N)c(Br)c1. The van der Waals surface area contributed by atoms with Crippen LogP contribution in [0.5, 0.6) is 0 Å². The molecule has 3 heteroatoms. The largest absolute Gasteiger partial charge is 0.371 e. The summed E-state index contributed by atoms with van der Waals surface area (Å²) < 4.78 is 1.12. The smallest absolute Gasteiger partial charge is 0.0377 e. The Balaban J connectivity index is 2.88. The van der Waals surface area contributed by atoms with Gasteiger partial charge in [-0.25, -0.2) is 0 Å². The van der Waals surface area contributed by atoms with Crippen LogP contribution in [0.3, 0.4) is 0 Å². The summed E-state index contributed by atoms with van der Waals surface area (Å²) in [7, 11) is 0. The standard InChI is InChI=1S/C18H31BrN2/c1-13(2)8-10-21(11-9-14(3)4)16-6-7-17(15(5)20)18(19)12-16/h6-7,12-15H,8-11,20H2,1-5H3/t15-/m0/s1. The number of hydrogen-bond donors (Lipinski definition) is 1. The second kappa shape index (κ2) is 8.79. The maximum atomic E-state index is 5.99. The maximum Gasteiger partial charge on any atom is 0.0377 e. The number of hydrogen-bond acceptors (Lipinski definition) is 2. The van der Waals surface area contributed by atoms with Gasteiger partial charge >= 0.3 is 0 Å². The van der Waals surface area contributed by atoms with Gasteiger partial charge in [-0.3, -0.25) is 0 Å². The van der Waals surface area contributed by atoms with E-state index < -0.39 is 0 Å². The van der Waals surface area contributed by atoms with Crippen molar-refractivity contribution in [1.82, 2.24) is 0 Å². The normalized spacial score (nSPS) is 13.0. The highest BCUT2D eigenvalue weighted by Crippen LogP contribution is 2.28. The zero-order valence-corrected chi connectivity index (χ0v) is 15.8. The van der Waals surface area contributed by atoms with Crippen LogP contribution in [0.4, 0.5) is 5.69 Å². The highest BCUT2D eigenvalue weighted by atomic mass is 79.9. The lowest BCUT2D eigenvalue weighted by atomic mass is 10.1. The Hall–Kier alpha value is -0.540. The number of anilines is 1. The molecule has 0 fully saturated rings. The van der Waals surface area contributed by atoms with Crippen molar-refractivity contribution < 1.29 is 0 Å².